The standard InChI is InChI=1S/C30H19Cl2F3I2N2O4S/c1-2-42-28(41)23-24(16-6-8-18(31)9-7-16)39-27(40)22(44-29(39)38-26(23)30(33,34)35)12-17-11-20(36)13-21(37)25(17)43-14-15-4-3-5-19(32)10-15/h3-13,24H,2,14H2,1H3/b22-12-/t24-/m0/s1. The van der Waals surface area contributed by atoms with Crippen molar-refractivity contribution in [3.8, 4) is 5.75 Å². The van der Waals surface area contributed by atoms with E-state index in [4.69, 9.17) is 32.7 Å². The largest absolute Gasteiger partial charge is 0.487 e. The lowest BCUT2D eigenvalue weighted by atomic mass is 9.95. The molecule has 1 aromatic heterocycles. The first kappa shape index (κ1) is 33.0. The number of halogens is 7. The summed E-state index contributed by atoms with van der Waals surface area (Å²) in [6.45, 7) is 1.50. The number of fused-ring (bicyclic) bond motifs is 1. The van der Waals surface area contributed by atoms with Gasteiger partial charge < -0.3 is 9.47 Å². The van der Waals surface area contributed by atoms with Gasteiger partial charge in [-0.15, -0.1) is 0 Å². The number of esters is 1. The Morgan fingerprint density at radius 3 is 2.48 bits per heavy atom. The predicted octanol–water partition coefficient (Wildman–Crippen LogP) is 7.44. The van der Waals surface area contributed by atoms with Crippen LogP contribution in [0.15, 0.2) is 81.7 Å². The third-order valence-corrected chi connectivity index (χ3v) is 9.27. The van der Waals surface area contributed by atoms with Crippen LogP contribution in [0, 0.1) is 7.14 Å². The van der Waals surface area contributed by atoms with Gasteiger partial charge in [-0.2, -0.15) is 13.2 Å². The fourth-order valence-corrected chi connectivity index (χ4v) is 7.94. The van der Waals surface area contributed by atoms with Gasteiger partial charge in [-0.05, 0) is 106 Å². The zero-order chi connectivity index (χ0) is 31.8. The van der Waals surface area contributed by atoms with E-state index < -0.39 is 35.0 Å². The van der Waals surface area contributed by atoms with Crippen molar-refractivity contribution in [1.29, 1.82) is 0 Å². The fourth-order valence-electron chi connectivity index (χ4n) is 4.56. The number of carbonyl (C=O) groups excluding carboxylic acids is 1. The van der Waals surface area contributed by atoms with Crippen molar-refractivity contribution in [3.63, 3.8) is 0 Å². The topological polar surface area (TPSA) is 69.9 Å². The molecule has 4 aromatic rings. The summed E-state index contributed by atoms with van der Waals surface area (Å²) in [6.07, 6.45) is -3.45. The molecule has 0 saturated carbocycles. The first-order chi connectivity index (χ1) is 20.9. The van der Waals surface area contributed by atoms with Crippen LogP contribution in [0.5, 0.6) is 5.75 Å². The lowest BCUT2D eigenvalue weighted by Gasteiger charge is -2.26. The molecule has 5 rings (SSSR count). The van der Waals surface area contributed by atoms with Gasteiger partial charge in [0.1, 0.15) is 12.4 Å². The number of aromatic nitrogens is 1. The summed E-state index contributed by atoms with van der Waals surface area (Å²) in [4.78, 5) is 30.6. The van der Waals surface area contributed by atoms with Crippen molar-refractivity contribution < 1.29 is 27.4 Å². The minimum Gasteiger partial charge on any atom is -0.487 e. The Morgan fingerprint density at radius 2 is 1.82 bits per heavy atom. The Balaban J connectivity index is 1.71. The zero-order valence-corrected chi connectivity index (χ0v) is 29.1. The van der Waals surface area contributed by atoms with Crippen LogP contribution in [0.4, 0.5) is 13.2 Å². The van der Waals surface area contributed by atoms with Crippen LogP contribution in [0.25, 0.3) is 6.08 Å². The van der Waals surface area contributed by atoms with Crippen LogP contribution in [0.1, 0.15) is 29.7 Å². The Kier molecular flexibility index (Phi) is 10.1. The van der Waals surface area contributed by atoms with Crippen molar-refractivity contribution in [2.75, 3.05) is 6.61 Å². The highest BCUT2D eigenvalue weighted by Gasteiger charge is 2.45. The molecule has 0 spiro atoms. The smallest absolute Gasteiger partial charge is 0.434 e. The number of thiazole rings is 1. The second-order valence-electron chi connectivity index (χ2n) is 9.34. The molecule has 1 aliphatic rings. The molecule has 6 nitrogen and oxygen atoms in total. The van der Waals surface area contributed by atoms with Crippen LogP contribution in [0.3, 0.4) is 0 Å². The lowest BCUT2D eigenvalue weighted by Crippen LogP contribution is -2.41. The summed E-state index contributed by atoms with van der Waals surface area (Å²) in [7, 11) is 0. The molecule has 0 aliphatic carbocycles. The quantitative estimate of drug-likeness (QED) is 0.143. The number of nitrogens with zero attached hydrogens (tertiary/aromatic N) is 2. The van der Waals surface area contributed by atoms with Crippen molar-refractivity contribution in [2.45, 2.75) is 25.7 Å². The predicted molar refractivity (Wildman–Crippen MR) is 180 cm³/mol. The number of benzene rings is 3. The molecule has 0 saturated heterocycles. The SMILES string of the molecule is CCOC(=O)C1=C(C(F)(F)F)N=c2s/c(=C\c3cc(I)cc(I)c3OCc3cccc(Cl)c3)c(=O)n2[C@H]1c1ccc(Cl)cc1. The summed E-state index contributed by atoms with van der Waals surface area (Å²) < 4.78 is 57.1. The van der Waals surface area contributed by atoms with E-state index in [0.717, 1.165) is 28.6 Å². The number of hydrogen-bond donors (Lipinski definition) is 0. The number of carbonyl (C=O) groups is 1. The third kappa shape index (κ3) is 7.03. The summed E-state index contributed by atoms with van der Waals surface area (Å²) >= 11 is 17.2. The van der Waals surface area contributed by atoms with Crippen molar-refractivity contribution >= 4 is 91.8 Å². The minimum atomic E-state index is -5.01. The van der Waals surface area contributed by atoms with Crippen LogP contribution in [0.2, 0.25) is 10.0 Å². The first-order valence-corrected chi connectivity index (χ1v) is 16.5. The number of hydrogen-bond acceptors (Lipinski definition) is 6. The highest BCUT2D eigenvalue weighted by molar-refractivity contribution is 14.1. The molecule has 228 valence electrons. The van der Waals surface area contributed by atoms with Crippen LogP contribution in [-0.4, -0.2) is 23.3 Å². The van der Waals surface area contributed by atoms with Gasteiger partial charge in [-0.25, -0.2) is 9.79 Å². The number of ether oxygens (including phenoxy) is 2. The number of alkyl halides is 3. The van der Waals surface area contributed by atoms with Crippen LogP contribution >= 0.6 is 79.7 Å². The third-order valence-electron chi connectivity index (χ3n) is 6.38. The first-order valence-electron chi connectivity index (χ1n) is 12.8. The summed E-state index contributed by atoms with van der Waals surface area (Å²) in [5.74, 6) is -0.740. The summed E-state index contributed by atoms with van der Waals surface area (Å²) in [5, 5.41) is 0.887. The van der Waals surface area contributed by atoms with E-state index in [-0.39, 0.29) is 28.1 Å². The Morgan fingerprint density at radius 1 is 1.09 bits per heavy atom. The monoisotopic (exact) mass is 884 g/mol. The maximum atomic E-state index is 14.4. The van der Waals surface area contributed by atoms with E-state index in [1.54, 1.807) is 30.3 Å². The van der Waals surface area contributed by atoms with E-state index in [9.17, 15) is 22.8 Å². The molecular weight excluding hydrogens is 866 g/mol. The average Bonchev–Trinajstić information content (AvgIpc) is 3.26. The summed E-state index contributed by atoms with van der Waals surface area (Å²) in [6, 6.07) is 15.3. The second kappa shape index (κ2) is 13.5. The second-order valence-corrected chi connectivity index (χ2v) is 13.6. The minimum absolute atomic E-state index is 0.0970. The Bertz CT molecular complexity index is 1980. The molecule has 0 amide bonds. The molecule has 1 aliphatic heterocycles. The van der Waals surface area contributed by atoms with Gasteiger partial charge in [0.05, 0.1) is 26.3 Å². The lowest BCUT2D eigenvalue weighted by molar-refractivity contribution is -0.140. The molecule has 0 unspecified atom stereocenters. The number of rotatable bonds is 7. The van der Waals surface area contributed by atoms with E-state index in [1.807, 2.05) is 12.1 Å². The maximum absolute atomic E-state index is 14.4. The summed E-state index contributed by atoms with van der Waals surface area (Å²) in [5.41, 5.74) is -1.24. The molecule has 0 radical (unpaired) electrons. The van der Waals surface area contributed by atoms with E-state index >= 15 is 0 Å². The highest BCUT2D eigenvalue weighted by atomic mass is 127. The van der Waals surface area contributed by atoms with Gasteiger partial charge in [0.2, 0.25) is 0 Å². The molecule has 14 heteroatoms. The molecule has 44 heavy (non-hydrogen) atoms. The molecule has 2 heterocycles. The van der Waals surface area contributed by atoms with Gasteiger partial charge in [-0.3, -0.25) is 9.36 Å². The van der Waals surface area contributed by atoms with Crippen LogP contribution < -0.4 is 19.6 Å². The molecule has 1 atom stereocenters. The Labute approximate surface area is 290 Å². The van der Waals surface area contributed by atoms with Crippen molar-refractivity contribution in [2.24, 2.45) is 4.99 Å². The van der Waals surface area contributed by atoms with E-state index in [2.05, 4.69) is 50.2 Å². The zero-order valence-electron chi connectivity index (χ0n) is 22.4. The van der Waals surface area contributed by atoms with E-state index in [0.29, 0.717) is 21.4 Å². The molecule has 0 N–H and O–H groups in total. The Hall–Kier alpha value is -2.40. The van der Waals surface area contributed by atoms with Gasteiger partial charge in [0.25, 0.3) is 5.56 Å². The van der Waals surface area contributed by atoms with E-state index in [1.165, 1.54) is 31.2 Å². The van der Waals surface area contributed by atoms with Crippen molar-refractivity contribution in [3.05, 3.63) is 125 Å². The average molecular weight is 885 g/mol. The van der Waals surface area contributed by atoms with Gasteiger partial charge in [0.15, 0.2) is 10.5 Å². The maximum Gasteiger partial charge on any atom is 0.434 e. The normalized spacial score (nSPS) is 15.2. The van der Waals surface area contributed by atoms with Crippen molar-refractivity contribution in [1.82, 2.24) is 4.57 Å². The van der Waals surface area contributed by atoms with Crippen LogP contribution in [-0.2, 0) is 16.1 Å². The molecule has 3 aromatic carbocycles. The molecule has 0 fully saturated rings. The number of allylic oxidation sites excluding steroid dienone is 1. The highest BCUT2D eigenvalue weighted by Crippen LogP contribution is 2.38. The van der Waals surface area contributed by atoms with Gasteiger partial charge >= 0.3 is 12.1 Å². The fraction of sp³-hybridized carbons (Fsp3) is 0.167. The van der Waals surface area contributed by atoms with Gasteiger partial charge in [-0.1, -0.05) is 58.8 Å². The molecular formula is C30H19Cl2F3I2N2O4S. The molecule has 0 bridgehead atoms. The van der Waals surface area contributed by atoms with Gasteiger partial charge in [0, 0.05) is 19.2 Å².